The number of benzene rings is 1. The van der Waals surface area contributed by atoms with Crippen molar-refractivity contribution in [3.8, 4) is 5.75 Å². The summed E-state index contributed by atoms with van der Waals surface area (Å²) in [6.45, 7) is -2.94. The van der Waals surface area contributed by atoms with Gasteiger partial charge < -0.3 is 15.6 Å². The number of halogens is 2. The number of hydrogen-bond acceptors (Lipinski definition) is 3. The van der Waals surface area contributed by atoms with E-state index in [9.17, 15) is 18.7 Å². The molecule has 0 bridgehead atoms. The van der Waals surface area contributed by atoms with Crippen molar-refractivity contribution in [3.05, 3.63) is 23.8 Å². The van der Waals surface area contributed by atoms with Crippen molar-refractivity contribution in [2.75, 3.05) is 5.73 Å². The zero-order chi connectivity index (χ0) is 15.4. The van der Waals surface area contributed by atoms with Crippen molar-refractivity contribution in [3.63, 3.8) is 0 Å². The molecule has 0 aromatic heterocycles. The molecule has 0 spiro atoms. The molecule has 1 aromatic rings. The number of rotatable bonds is 6. The molecule has 21 heavy (non-hydrogen) atoms. The Morgan fingerprint density at radius 2 is 2.05 bits per heavy atom. The van der Waals surface area contributed by atoms with Crippen LogP contribution in [0, 0.1) is 5.92 Å². The van der Waals surface area contributed by atoms with E-state index in [1.54, 1.807) is 0 Å². The van der Waals surface area contributed by atoms with E-state index in [2.05, 4.69) is 4.74 Å². The molecule has 0 aliphatic heterocycles. The monoisotopic (exact) mass is 299 g/mol. The fourth-order valence-corrected chi connectivity index (χ4v) is 2.97. The number of carbonyl (C=O) groups is 1. The molecule has 0 saturated heterocycles. The summed E-state index contributed by atoms with van der Waals surface area (Å²) in [7, 11) is 0. The molecule has 116 valence electrons. The molecule has 1 aliphatic carbocycles. The third kappa shape index (κ3) is 4.06. The molecule has 3 N–H and O–H groups in total. The van der Waals surface area contributed by atoms with Gasteiger partial charge in [-0.25, -0.2) is 0 Å². The van der Waals surface area contributed by atoms with Crippen LogP contribution in [0.4, 0.5) is 14.5 Å². The lowest BCUT2D eigenvalue weighted by Gasteiger charge is -2.19. The van der Waals surface area contributed by atoms with Gasteiger partial charge in [0, 0.05) is 5.69 Å². The molecule has 0 radical (unpaired) electrons. The highest BCUT2D eigenvalue weighted by molar-refractivity contribution is 5.79. The smallest absolute Gasteiger partial charge is 0.387 e. The lowest BCUT2D eigenvalue weighted by Crippen LogP contribution is -2.17. The van der Waals surface area contributed by atoms with Crippen LogP contribution in [0.15, 0.2) is 18.2 Å². The minimum Gasteiger partial charge on any atom is -0.481 e. The van der Waals surface area contributed by atoms with E-state index in [0.29, 0.717) is 23.6 Å². The molecule has 1 unspecified atom stereocenters. The summed E-state index contributed by atoms with van der Waals surface area (Å²) >= 11 is 0. The standard InChI is InChI=1S/C15H19F2NO3/c16-15(17)21-10-5-6-13(18)11(8-10)12(14(19)20)7-9-3-1-2-4-9/h5-6,8-9,12,15H,1-4,7,18H2,(H,19,20). The lowest BCUT2D eigenvalue weighted by molar-refractivity contribution is -0.139. The summed E-state index contributed by atoms with van der Waals surface area (Å²) in [6.07, 6.45) is 4.73. The van der Waals surface area contributed by atoms with Gasteiger partial charge in [-0.1, -0.05) is 25.7 Å². The average Bonchev–Trinajstić information content (AvgIpc) is 2.90. The number of hydrogen-bond donors (Lipinski definition) is 2. The molecule has 1 aromatic carbocycles. The number of aliphatic carboxylic acids is 1. The van der Waals surface area contributed by atoms with E-state index in [-0.39, 0.29) is 5.75 Å². The van der Waals surface area contributed by atoms with E-state index in [1.165, 1.54) is 18.2 Å². The summed E-state index contributed by atoms with van der Waals surface area (Å²) in [5, 5.41) is 9.44. The Hall–Kier alpha value is -1.85. The zero-order valence-corrected chi connectivity index (χ0v) is 11.6. The average molecular weight is 299 g/mol. The summed E-state index contributed by atoms with van der Waals surface area (Å²) in [4.78, 5) is 11.5. The number of nitrogen functional groups attached to an aromatic ring is 1. The van der Waals surface area contributed by atoms with Crippen LogP contribution in [0.3, 0.4) is 0 Å². The SMILES string of the molecule is Nc1ccc(OC(F)F)cc1C(CC1CCCC1)C(=O)O. The van der Waals surface area contributed by atoms with Crippen LogP contribution in [-0.2, 0) is 4.79 Å². The van der Waals surface area contributed by atoms with Crippen molar-refractivity contribution >= 4 is 11.7 Å². The first kappa shape index (κ1) is 15.5. The molecule has 1 fully saturated rings. The van der Waals surface area contributed by atoms with Crippen LogP contribution in [0.1, 0.15) is 43.6 Å². The van der Waals surface area contributed by atoms with Crippen LogP contribution >= 0.6 is 0 Å². The van der Waals surface area contributed by atoms with Gasteiger partial charge >= 0.3 is 12.6 Å². The predicted molar refractivity (Wildman–Crippen MR) is 74.4 cm³/mol. The van der Waals surface area contributed by atoms with Gasteiger partial charge in [0.1, 0.15) is 5.75 Å². The molecule has 6 heteroatoms. The molecule has 1 saturated carbocycles. The Labute approximate surface area is 121 Å². The van der Waals surface area contributed by atoms with Crippen molar-refractivity contribution < 1.29 is 23.4 Å². The van der Waals surface area contributed by atoms with Gasteiger partial charge in [-0.2, -0.15) is 8.78 Å². The largest absolute Gasteiger partial charge is 0.481 e. The Bertz CT molecular complexity index is 502. The van der Waals surface area contributed by atoms with Crippen LogP contribution < -0.4 is 10.5 Å². The maximum Gasteiger partial charge on any atom is 0.387 e. The van der Waals surface area contributed by atoms with Gasteiger partial charge in [0.05, 0.1) is 5.92 Å². The Balaban J connectivity index is 2.23. The van der Waals surface area contributed by atoms with Crippen LogP contribution in [0.2, 0.25) is 0 Å². The number of nitrogens with two attached hydrogens (primary N) is 1. The van der Waals surface area contributed by atoms with Gasteiger partial charge in [0.2, 0.25) is 0 Å². The second kappa shape index (κ2) is 6.74. The molecule has 0 amide bonds. The van der Waals surface area contributed by atoms with Gasteiger partial charge in [-0.05, 0) is 36.1 Å². The van der Waals surface area contributed by atoms with E-state index in [1.807, 2.05) is 0 Å². The van der Waals surface area contributed by atoms with Crippen LogP contribution in [0.5, 0.6) is 5.75 Å². The topological polar surface area (TPSA) is 72.5 Å². The van der Waals surface area contributed by atoms with Gasteiger partial charge in [0.15, 0.2) is 0 Å². The Morgan fingerprint density at radius 3 is 2.62 bits per heavy atom. The van der Waals surface area contributed by atoms with Crippen LogP contribution in [-0.4, -0.2) is 17.7 Å². The first-order valence-electron chi connectivity index (χ1n) is 7.04. The molecule has 1 atom stereocenters. The van der Waals surface area contributed by atoms with Gasteiger partial charge in [-0.3, -0.25) is 4.79 Å². The lowest BCUT2D eigenvalue weighted by atomic mass is 9.87. The number of ether oxygens (including phenoxy) is 1. The second-order valence-corrected chi connectivity index (χ2v) is 5.45. The van der Waals surface area contributed by atoms with E-state index in [0.717, 1.165) is 25.7 Å². The number of alkyl halides is 2. The van der Waals surface area contributed by atoms with E-state index in [4.69, 9.17) is 5.73 Å². The normalized spacial score (nSPS) is 17.1. The quantitative estimate of drug-likeness (QED) is 0.787. The highest BCUT2D eigenvalue weighted by Gasteiger charge is 2.28. The van der Waals surface area contributed by atoms with E-state index < -0.39 is 18.5 Å². The highest BCUT2D eigenvalue weighted by Crippen LogP contribution is 2.37. The number of carboxylic acid groups (broad SMARTS) is 1. The molecular formula is C15H19F2NO3. The zero-order valence-electron chi connectivity index (χ0n) is 11.6. The number of anilines is 1. The molecule has 2 rings (SSSR count). The number of carboxylic acids is 1. The summed E-state index contributed by atoms with van der Waals surface area (Å²) in [5.41, 5.74) is 6.47. The summed E-state index contributed by atoms with van der Waals surface area (Å²) in [5.74, 6) is -1.48. The third-order valence-corrected chi connectivity index (χ3v) is 4.00. The molecular weight excluding hydrogens is 280 g/mol. The Kier molecular flexibility index (Phi) is 4.98. The summed E-state index contributed by atoms with van der Waals surface area (Å²) < 4.78 is 28.9. The van der Waals surface area contributed by atoms with E-state index >= 15 is 0 Å². The van der Waals surface area contributed by atoms with Crippen molar-refractivity contribution in [1.29, 1.82) is 0 Å². The van der Waals surface area contributed by atoms with Crippen molar-refractivity contribution in [2.45, 2.75) is 44.6 Å². The first-order chi connectivity index (χ1) is 9.97. The van der Waals surface area contributed by atoms with Gasteiger partial charge in [-0.15, -0.1) is 0 Å². The van der Waals surface area contributed by atoms with Crippen LogP contribution in [0.25, 0.3) is 0 Å². The third-order valence-electron chi connectivity index (χ3n) is 4.00. The maximum absolute atomic E-state index is 12.3. The highest BCUT2D eigenvalue weighted by atomic mass is 19.3. The fraction of sp³-hybridized carbons (Fsp3) is 0.533. The van der Waals surface area contributed by atoms with Gasteiger partial charge in [0.25, 0.3) is 0 Å². The van der Waals surface area contributed by atoms with Crippen molar-refractivity contribution in [1.82, 2.24) is 0 Å². The Morgan fingerprint density at radius 1 is 1.38 bits per heavy atom. The maximum atomic E-state index is 12.3. The minimum absolute atomic E-state index is 0.0631. The fourth-order valence-electron chi connectivity index (χ4n) is 2.97. The van der Waals surface area contributed by atoms with Crippen molar-refractivity contribution in [2.24, 2.45) is 5.92 Å². The second-order valence-electron chi connectivity index (χ2n) is 5.45. The molecule has 0 heterocycles. The summed E-state index contributed by atoms with van der Waals surface area (Å²) in [6, 6.07) is 4.05. The minimum atomic E-state index is -2.94. The predicted octanol–water partition coefficient (Wildman–Crippen LogP) is 3.62. The first-order valence-corrected chi connectivity index (χ1v) is 7.04. The molecule has 1 aliphatic rings. The molecule has 4 nitrogen and oxygen atoms in total.